The van der Waals surface area contributed by atoms with E-state index >= 15 is 0 Å². The van der Waals surface area contributed by atoms with E-state index in [2.05, 4.69) is 40.0 Å². The summed E-state index contributed by atoms with van der Waals surface area (Å²) in [7, 11) is -1.67. The van der Waals surface area contributed by atoms with Crippen LogP contribution in [0.4, 0.5) is 19.0 Å². The van der Waals surface area contributed by atoms with E-state index in [0.717, 1.165) is 0 Å². The van der Waals surface area contributed by atoms with Crippen molar-refractivity contribution in [1.29, 1.82) is 0 Å². The molecule has 0 aliphatic rings. The summed E-state index contributed by atoms with van der Waals surface area (Å²) in [6.45, 7) is 8.41. The van der Waals surface area contributed by atoms with Gasteiger partial charge in [0.05, 0.1) is 19.2 Å². The maximum atomic E-state index is 14.4. The first-order chi connectivity index (χ1) is 12.1. The SMILES string of the molecule is CC(Nc1c(-c2c(F)cc(F)cc2F)c(Cl)nc2ncnn12)[Si](C)(C)C. The first-order valence-corrected chi connectivity index (χ1v) is 11.9. The molecule has 0 saturated heterocycles. The molecule has 1 unspecified atom stereocenters. The largest absolute Gasteiger partial charge is 0.370 e. The lowest BCUT2D eigenvalue weighted by molar-refractivity contribution is 0.548. The predicted molar refractivity (Wildman–Crippen MR) is 97.5 cm³/mol. The van der Waals surface area contributed by atoms with Gasteiger partial charge in [-0.25, -0.2) is 13.2 Å². The molecule has 0 amide bonds. The van der Waals surface area contributed by atoms with E-state index in [1.165, 1.54) is 10.8 Å². The molecule has 0 saturated carbocycles. The van der Waals surface area contributed by atoms with E-state index < -0.39 is 31.1 Å². The minimum absolute atomic E-state index is 0.0127. The normalized spacial score (nSPS) is 13.2. The second-order valence-corrected chi connectivity index (χ2v) is 13.0. The molecule has 138 valence electrons. The highest BCUT2D eigenvalue weighted by molar-refractivity contribution is 6.78. The van der Waals surface area contributed by atoms with Crippen molar-refractivity contribution in [1.82, 2.24) is 19.6 Å². The zero-order valence-electron chi connectivity index (χ0n) is 14.6. The minimum atomic E-state index is -1.67. The average Bonchev–Trinajstić information content (AvgIpc) is 2.95. The molecule has 0 spiro atoms. The van der Waals surface area contributed by atoms with Crippen molar-refractivity contribution in [2.75, 3.05) is 5.32 Å². The van der Waals surface area contributed by atoms with Crippen molar-refractivity contribution >= 4 is 31.3 Å². The van der Waals surface area contributed by atoms with Crippen molar-refractivity contribution in [2.24, 2.45) is 0 Å². The zero-order valence-corrected chi connectivity index (χ0v) is 16.4. The number of hydrogen-bond donors (Lipinski definition) is 1. The predicted octanol–water partition coefficient (Wildman–Crippen LogP) is 4.54. The molecule has 2 aromatic heterocycles. The van der Waals surface area contributed by atoms with Gasteiger partial charge < -0.3 is 5.32 Å². The molecule has 3 rings (SSSR count). The van der Waals surface area contributed by atoms with E-state index in [0.29, 0.717) is 12.1 Å². The van der Waals surface area contributed by atoms with Crippen LogP contribution >= 0.6 is 11.6 Å². The Morgan fingerprint density at radius 2 is 1.73 bits per heavy atom. The van der Waals surface area contributed by atoms with E-state index in [1.54, 1.807) is 0 Å². The van der Waals surface area contributed by atoms with Crippen LogP contribution in [0, 0.1) is 17.5 Å². The third-order valence-electron chi connectivity index (χ3n) is 4.29. The van der Waals surface area contributed by atoms with Crippen LogP contribution in [-0.4, -0.2) is 33.3 Å². The molecular weight excluding hydrogens is 383 g/mol. The Balaban J connectivity index is 2.32. The number of hydrogen-bond acceptors (Lipinski definition) is 4. The van der Waals surface area contributed by atoms with Gasteiger partial charge in [-0.05, 0) is 6.92 Å². The van der Waals surface area contributed by atoms with Crippen LogP contribution in [0.25, 0.3) is 16.9 Å². The Morgan fingerprint density at radius 3 is 2.31 bits per heavy atom. The highest BCUT2D eigenvalue weighted by atomic mass is 35.5. The summed E-state index contributed by atoms with van der Waals surface area (Å²) in [5.41, 5.74) is -0.477. The summed E-state index contributed by atoms with van der Waals surface area (Å²) < 4.78 is 43.5. The van der Waals surface area contributed by atoms with Crippen LogP contribution in [0.1, 0.15) is 6.92 Å². The molecule has 10 heteroatoms. The highest BCUT2D eigenvalue weighted by Gasteiger charge is 2.28. The zero-order chi connectivity index (χ0) is 19.2. The molecule has 1 N–H and O–H groups in total. The smallest absolute Gasteiger partial charge is 0.255 e. The molecule has 26 heavy (non-hydrogen) atoms. The van der Waals surface area contributed by atoms with Crippen LogP contribution in [0.15, 0.2) is 18.5 Å². The maximum Gasteiger partial charge on any atom is 0.255 e. The number of rotatable bonds is 4. The molecule has 0 aliphatic carbocycles. The topological polar surface area (TPSA) is 55.1 Å². The monoisotopic (exact) mass is 399 g/mol. The number of halogens is 4. The van der Waals surface area contributed by atoms with E-state index in [-0.39, 0.29) is 28.0 Å². The van der Waals surface area contributed by atoms with Gasteiger partial charge in [0.25, 0.3) is 5.78 Å². The molecule has 1 atom stereocenters. The van der Waals surface area contributed by atoms with Crippen molar-refractivity contribution in [3.8, 4) is 11.1 Å². The number of aromatic nitrogens is 4. The lowest BCUT2D eigenvalue weighted by Gasteiger charge is -2.28. The summed E-state index contributed by atoms with van der Waals surface area (Å²) in [5.74, 6) is -2.72. The van der Waals surface area contributed by atoms with E-state index in [4.69, 9.17) is 11.6 Å². The summed E-state index contributed by atoms with van der Waals surface area (Å²) in [6.07, 6.45) is 1.27. The van der Waals surface area contributed by atoms with Crippen LogP contribution in [0.3, 0.4) is 0 Å². The van der Waals surface area contributed by atoms with Gasteiger partial charge in [0.15, 0.2) is 0 Å². The summed E-state index contributed by atoms with van der Waals surface area (Å²) in [6, 6.07) is 1.21. The molecule has 1 aromatic carbocycles. The van der Waals surface area contributed by atoms with Gasteiger partial charge in [-0.3, -0.25) is 0 Å². The fourth-order valence-corrected chi connectivity index (χ4v) is 3.20. The lowest BCUT2D eigenvalue weighted by atomic mass is 10.1. The fourth-order valence-electron chi connectivity index (χ4n) is 2.37. The third kappa shape index (κ3) is 3.28. The minimum Gasteiger partial charge on any atom is -0.370 e. The van der Waals surface area contributed by atoms with Gasteiger partial charge in [0.2, 0.25) is 0 Å². The molecule has 0 fully saturated rings. The van der Waals surface area contributed by atoms with Crippen molar-refractivity contribution in [3.63, 3.8) is 0 Å². The molecule has 0 radical (unpaired) electrons. The van der Waals surface area contributed by atoms with Crippen LogP contribution in [-0.2, 0) is 0 Å². The van der Waals surface area contributed by atoms with Gasteiger partial charge in [-0.2, -0.15) is 19.6 Å². The number of nitrogens with zero attached hydrogens (tertiary/aromatic N) is 4. The molecule has 3 aromatic rings. The molecule has 0 aliphatic heterocycles. The molecular formula is C16H17ClF3N5Si. The van der Waals surface area contributed by atoms with Gasteiger partial charge in [-0.1, -0.05) is 31.2 Å². The maximum absolute atomic E-state index is 14.4. The molecule has 5 nitrogen and oxygen atoms in total. The van der Waals surface area contributed by atoms with Crippen molar-refractivity contribution in [2.45, 2.75) is 32.2 Å². The number of nitrogens with one attached hydrogen (secondary N) is 1. The summed E-state index contributed by atoms with van der Waals surface area (Å²) >= 11 is 6.23. The first-order valence-electron chi connectivity index (χ1n) is 7.90. The quantitative estimate of drug-likeness (QED) is 0.517. The van der Waals surface area contributed by atoms with Crippen LogP contribution in [0.5, 0.6) is 0 Å². The van der Waals surface area contributed by atoms with Crippen LogP contribution < -0.4 is 5.32 Å². The standard InChI is InChI=1S/C16H17ClF3N5Si/c1-8(26(2,3)4)23-15-13(12-10(19)5-9(18)6-11(12)20)14(17)24-16-21-7-22-25(15)16/h5-8,23H,1-4H3. The van der Waals surface area contributed by atoms with Gasteiger partial charge in [0, 0.05) is 17.8 Å². The van der Waals surface area contributed by atoms with Gasteiger partial charge in [0.1, 0.15) is 34.7 Å². The lowest BCUT2D eigenvalue weighted by Crippen LogP contribution is -2.42. The van der Waals surface area contributed by atoms with E-state index in [9.17, 15) is 13.2 Å². The third-order valence-corrected chi connectivity index (χ3v) is 7.31. The Morgan fingerprint density at radius 1 is 1.12 bits per heavy atom. The average molecular weight is 400 g/mol. The second kappa shape index (κ2) is 6.55. The second-order valence-electron chi connectivity index (χ2n) is 7.07. The Labute approximate surface area is 154 Å². The number of fused-ring (bicyclic) bond motifs is 1. The Hall–Kier alpha value is -2.13. The number of anilines is 1. The Kier molecular flexibility index (Phi) is 4.70. The molecule has 2 heterocycles. The van der Waals surface area contributed by atoms with Crippen molar-refractivity contribution in [3.05, 3.63) is 41.1 Å². The summed E-state index contributed by atoms with van der Waals surface area (Å²) in [4.78, 5) is 8.03. The highest BCUT2D eigenvalue weighted by Crippen LogP contribution is 2.38. The Bertz CT molecular complexity index is 963. The fraction of sp³-hybridized carbons (Fsp3) is 0.312. The van der Waals surface area contributed by atoms with Gasteiger partial charge in [-0.15, -0.1) is 0 Å². The molecule has 0 bridgehead atoms. The van der Waals surface area contributed by atoms with Gasteiger partial charge >= 0.3 is 0 Å². The first kappa shape index (κ1) is 18.7. The summed E-state index contributed by atoms with van der Waals surface area (Å²) in [5, 5.41) is 7.18. The van der Waals surface area contributed by atoms with Crippen molar-refractivity contribution < 1.29 is 13.2 Å². The number of benzene rings is 1. The van der Waals surface area contributed by atoms with Crippen LogP contribution in [0.2, 0.25) is 24.8 Å². The van der Waals surface area contributed by atoms with E-state index in [1.807, 2.05) is 6.92 Å².